The third-order valence-electron chi connectivity index (χ3n) is 3.21. The monoisotopic (exact) mass is 393 g/mol. The third kappa shape index (κ3) is 2.25. The van der Waals surface area contributed by atoms with Gasteiger partial charge in [-0.25, -0.2) is 4.98 Å². The molecule has 3 aromatic rings. The molecule has 20 heavy (non-hydrogen) atoms. The third-order valence-corrected chi connectivity index (χ3v) is 4.34. The molecular weight excluding hydrogens is 382 g/mol. The fourth-order valence-corrected chi connectivity index (χ4v) is 3.54. The van der Waals surface area contributed by atoms with Crippen LogP contribution in [-0.2, 0) is 6.42 Å². The Bertz CT molecular complexity index is 793. The van der Waals surface area contributed by atoms with E-state index in [4.69, 9.17) is 5.73 Å². The Morgan fingerprint density at radius 2 is 1.95 bits per heavy atom. The van der Waals surface area contributed by atoms with Crippen LogP contribution in [0.3, 0.4) is 0 Å². The van der Waals surface area contributed by atoms with Gasteiger partial charge < -0.3 is 5.73 Å². The van der Waals surface area contributed by atoms with Gasteiger partial charge in [-0.1, -0.05) is 22.9 Å². The molecule has 1 heterocycles. The first-order valence-corrected chi connectivity index (χ1v) is 7.91. The summed E-state index contributed by atoms with van der Waals surface area (Å²) in [6.45, 7) is 2.10. The summed E-state index contributed by atoms with van der Waals surface area (Å²) in [5, 5.41) is 0. The number of hydrogen-bond acceptors (Lipinski definition) is 2. The Hall–Kier alpha value is -1.33. The predicted octanol–water partition coefficient (Wildman–Crippen LogP) is 4.70. The van der Waals surface area contributed by atoms with Gasteiger partial charge in [0.05, 0.1) is 16.7 Å². The molecule has 3 nitrogen and oxygen atoms in total. The van der Waals surface area contributed by atoms with Crippen LogP contribution in [0.1, 0.15) is 12.7 Å². The van der Waals surface area contributed by atoms with Gasteiger partial charge in [-0.2, -0.15) is 0 Å². The van der Waals surface area contributed by atoms with Gasteiger partial charge in [0.25, 0.3) is 0 Å². The Morgan fingerprint density at radius 1 is 1.15 bits per heavy atom. The summed E-state index contributed by atoms with van der Waals surface area (Å²) < 4.78 is 4.24. The first kappa shape index (κ1) is 13.6. The number of aryl methyl sites for hydroxylation is 1. The molecule has 0 aliphatic rings. The molecule has 0 unspecified atom stereocenters. The zero-order chi connectivity index (χ0) is 14.3. The molecule has 0 spiro atoms. The van der Waals surface area contributed by atoms with E-state index in [0.717, 1.165) is 43.6 Å². The Kier molecular flexibility index (Phi) is 3.56. The molecule has 0 saturated heterocycles. The van der Waals surface area contributed by atoms with Gasteiger partial charge in [-0.3, -0.25) is 4.57 Å². The van der Waals surface area contributed by atoms with Crippen molar-refractivity contribution in [2.75, 3.05) is 5.73 Å². The zero-order valence-electron chi connectivity index (χ0n) is 10.9. The number of nitrogens with zero attached hydrogens (tertiary/aromatic N) is 2. The highest BCUT2D eigenvalue weighted by atomic mass is 79.9. The second-order valence-electron chi connectivity index (χ2n) is 4.56. The first-order chi connectivity index (χ1) is 9.60. The fraction of sp³-hybridized carbons (Fsp3) is 0.133. The molecule has 2 aromatic carbocycles. The molecule has 0 fully saturated rings. The molecule has 0 aliphatic heterocycles. The number of aromatic nitrogens is 2. The van der Waals surface area contributed by atoms with Crippen LogP contribution in [-0.4, -0.2) is 9.55 Å². The summed E-state index contributed by atoms with van der Waals surface area (Å²) in [7, 11) is 0. The van der Waals surface area contributed by atoms with Crippen LogP contribution in [0.4, 0.5) is 5.69 Å². The van der Waals surface area contributed by atoms with Crippen LogP contribution >= 0.6 is 31.9 Å². The molecule has 0 amide bonds. The van der Waals surface area contributed by atoms with E-state index in [2.05, 4.69) is 54.4 Å². The van der Waals surface area contributed by atoms with Gasteiger partial charge >= 0.3 is 0 Å². The first-order valence-electron chi connectivity index (χ1n) is 6.32. The lowest BCUT2D eigenvalue weighted by Gasteiger charge is -2.11. The highest BCUT2D eigenvalue weighted by Gasteiger charge is 2.13. The van der Waals surface area contributed by atoms with Crippen molar-refractivity contribution < 1.29 is 0 Å². The van der Waals surface area contributed by atoms with Crippen molar-refractivity contribution in [2.45, 2.75) is 13.3 Å². The predicted molar refractivity (Wildman–Crippen MR) is 90.3 cm³/mol. The van der Waals surface area contributed by atoms with Crippen LogP contribution in [0, 0.1) is 0 Å². The lowest BCUT2D eigenvalue weighted by molar-refractivity contribution is 0.905. The standard InChI is InChI=1S/C15H13Br2N3/c1-2-15-19-12-8-10(18)4-6-14(12)20(15)13-5-3-9(16)7-11(13)17/h3-8H,2,18H2,1H3. The molecule has 3 rings (SSSR count). The lowest BCUT2D eigenvalue weighted by atomic mass is 10.2. The van der Waals surface area contributed by atoms with Crippen LogP contribution < -0.4 is 5.73 Å². The molecule has 102 valence electrons. The van der Waals surface area contributed by atoms with Crippen molar-refractivity contribution in [3.8, 4) is 5.69 Å². The minimum atomic E-state index is 0.736. The van der Waals surface area contributed by atoms with Gasteiger partial charge in [0, 0.05) is 21.1 Å². The number of halogens is 2. The number of hydrogen-bond donors (Lipinski definition) is 1. The zero-order valence-corrected chi connectivity index (χ0v) is 14.1. The van der Waals surface area contributed by atoms with Crippen molar-refractivity contribution in [2.24, 2.45) is 0 Å². The normalized spacial score (nSPS) is 11.2. The van der Waals surface area contributed by atoms with Crippen molar-refractivity contribution in [1.82, 2.24) is 9.55 Å². The van der Waals surface area contributed by atoms with Gasteiger partial charge in [0.15, 0.2) is 0 Å². The largest absolute Gasteiger partial charge is 0.399 e. The summed E-state index contributed by atoms with van der Waals surface area (Å²) in [5.41, 5.74) is 9.66. The van der Waals surface area contributed by atoms with Gasteiger partial charge in [0.1, 0.15) is 5.82 Å². The maximum absolute atomic E-state index is 5.85. The van der Waals surface area contributed by atoms with Gasteiger partial charge in [-0.15, -0.1) is 0 Å². The highest BCUT2D eigenvalue weighted by Crippen LogP contribution is 2.30. The van der Waals surface area contributed by atoms with E-state index in [9.17, 15) is 0 Å². The molecule has 0 saturated carbocycles. The number of rotatable bonds is 2. The van der Waals surface area contributed by atoms with E-state index < -0.39 is 0 Å². The second-order valence-corrected chi connectivity index (χ2v) is 6.33. The fourth-order valence-electron chi connectivity index (χ4n) is 2.32. The number of nitrogens with two attached hydrogens (primary N) is 1. The number of anilines is 1. The number of benzene rings is 2. The average molecular weight is 395 g/mol. The molecular formula is C15H13Br2N3. The maximum atomic E-state index is 5.85. The van der Waals surface area contributed by atoms with E-state index in [1.807, 2.05) is 30.3 Å². The summed E-state index contributed by atoms with van der Waals surface area (Å²) in [5.74, 6) is 1.02. The Labute approximate surface area is 134 Å². The van der Waals surface area contributed by atoms with Crippen molar-refractivity contribution in [1.29, 1.82) is 0 Å². The van der Waals surface area contributed by atoms with Crippen molar-refractivity contribution >= 4 is 48.6 Å². The number of fused-ring (bicyclic) bond motifs is 1. The highest BCUT2D eigenvalue weighted by molar-refractivity contribution is 9.11. The van der Waals surface area contributed by atoms with E-state index in [0.29, 0.717) is 0 Å². The Balaban J connectivity index is 2.34. The topological polar surface area (TPSA) is 43.8 Å². The number of imidazole rings is 1. The van der Waals surface area contributed by atoms with Crippen LogP contribution in [0.5, 0.6) is 0 Å². The quantitative estimate of drug-likeness (QED) is 0.640. The van der Waals surface area contributed by atoms with Crippen molar-refractivity contribution in [3.63, 3.8) is 0 Å². The molecule has 5 heteroatoms. The van der Waals surface area contributed by atoms with Gasteiger partial charge in [-0.05, 0) is 52.3 Å². The molecule has 1 aromatic heterocycles. The molecule has 0 aliphatic carbocycles. The minimum absolute atomic E-state index is 0.736. The van der Waals surface area contributed by atoms with Crippen molar-refractivity contribution in [3.05, 3.63) is 51.2 Å². The second kappa shape index (κ2) is 5.22. The minimum Gasteiger partial charge on any atom is -0.399 e. The smallest absolute Gasteiger partial charge is 0.114 e. The lowest BCUT2D eigenvalue weighted by Crippen LogP contribution is -2.01. The van der Waals surface area contributed by atoms with E-state index >= 15 is 0 Å². The van der Waals surface area contributed by atoms with E-state index in [1.165, 1.54) is 0 Å². The van der Waals surface area contributed by atoms with Crippen LogP contribution in [0.25, 0.3) is 16.7 Å². The van der Waals surface area contributed by atoms with E-state index in [-0.39, 0.29) is 0 Å². The summed E-state index contributed by atoms with van der Waals surface area (Å²) >= 11 is 7.11. The average Bonchev–Trinajstić information content (AvgIpc) is 2.76. The summed E-state index contributed by atoms with van der Waals surface area (Å²) in [6, 6.07) is 12.0. The molecule has 0 radical (unpaired) electrons. The van der Waals surface area contributed by atoms with E-state index in [1.54, 1.807) is 0 Å². The number of nitrogen functional groups attached to an aromatic ring is 1. The maximum Gasteiger partial charge on any atom is 0.114 e. The molecule has 2 N–H and O–H groups in total. The molecule has 0 bridgehead atoms. The van der Waals surface area contributed by atoms with Gasteiger partial charge in [0.2, 0.25) is 0 Å². The SMILES string of the molecule is CCc1nc2cc(N)ccc2n1-c1ccc(Br)cc1Br. The summed E-state index contributed by atoms with van der Waals surface area (Å²) in [6.07, 6.45) is 0.858. The summed E-state index contributed by atoms with van der Waals surface area (Å²) in [4.78, 5) is 4.68. The molecule has 0 atom stereocenters. The Morgan fingerprint density at radius 3 is 2.65 bits per heavy atom. The van der Waals surface area contributed by atoms with Crippen LogP contribution in [0.2, 0.25) is 0 Å². The van der Waals surface area contributed by atoms with Crippen LogP contribution in [0.15, 0.2) is 45.3 Å².